The normalized spacial score (nSPS) is 19.8. The van der Waals surface area contributed by atoms with E-state index in [1.165, 1.54) is 36.0 Å². The third-order valence-corrected chi connectivity index (χ3v) is 5.25. The number of nitrogens with one attached hydrogen (secondary N) is 1. The lowest BCUT2D eigenvalue weighted by atomic mass is 9.89. The molecule has 4 nitrogen and oxygen atoms in total. The van der Waals surface area contributed by atoms with Crippen LogP contribution in [0.4, 0.5) is 14.5 Å². The molecule has 3 N–H and O–H groups in total. The van der Waals surface area contributed by atoms with E-state index in [4.69, 9.17) is 5.73 Å². The molecule has 0 radical (unpaired) electrons. The molecular formula is C19H19F2N3OS. The summed E-state index contributed by atoms with van der Waals surface area (Å²) in [6.07, 6.45) is 0.758. The molecule has 1 heterocycles. The minimum Gasteiger partial charge on any atom is -0.379 e. The third-order valence-electron chi connectivity index (χ3n) is 4.45. The van der Waals surface area contributed by atoms with Gasteiger partial charge in [-0.2, -0.15) is 0 Å². The zero-order chi connectivity index (χ0) is 18.9. The number of nitrogens with zero attached hydrogens (tertiary/aromatic N) is 1. The summed E-state index contributed by atoms with van der Waals surface area (Å²) in [5, 5.41) is 3.06. The van der Waals surface area contributed by atoms with Crippen LogP contribution in [0.15, 0.2) is 41.4 Å². The Morgan fingerprint density at radius 1 is 1.23 bits per heavy atom. The maximum Gasteiger partial charge on any atom is 0.255 e. The number of aliphatic imine (C=N–C) groups is 1. The van der Waals surface area contributed by atoms with Gasteiger partial charge in [-0.25, -0.2) is 8.78 Å². The van der Waals surface area contributed by atoms with Gasteiger partial charge in [0.1, 0.15) is 11.6 Å². The number of hydrogen-bond donors (Lipinski definition) is 2. The summed E-state index contributed by atoms with van der Waals surface area (Å²) in [6, 6.07) is 8.55. The lowest BCUT2D eigenvalue weighted by Crippen LogP contribution is -2.29. The third kappa shape index (κ3) is 3.72. The second kappa shape index (κ2) is 7.07. The van der Waals surface area contributed by atoms with Crippen molar-refractivity contribution in [1.82, 2.24) is 0 Å². The van der Waals surface area contributed by atoms with Crippen molar-refractivity contribution < 1.29 is 13.6 Å². The van der Waals surface area contributed by atoms with Crippen LogP contribution in [-0.2, 0) is 5.54 Å². The summed E-state index contributed by atoms with van der Waals surface area (Å²) in [5.41, 5.74) is 6.72. The lowest BCUT2D eigenvalue weighted by Gasteiger charge is -2.30. The maximum atomic E-state index is 14.2. The summed E-state index contributed by atoms with van der Waals surface area (Å²) >= 11 is 1.49. The fraction of sp³-hybridized carbons (Fsp3) is 0.263. The molecule has 1 unspecified atom stereocenters. The number of carbonyl (C=O) groups excluding carboxylic acids is 1. The smallest absolute Gasteiger partial charge is 0.255 e. The number of carbonyl (C=O) groups is 1. The van der Waals surface area contributed by atoms with Crippen molar-refractivity contribution in [2.75, 3.05) is 11.1 Å². The van der Waals surface area contributed by atoms with Gasteiger partial charge < -0.3 is 11.1 Å². The first kappa shape index (κ1) is 18.4. The van der Waals surface area contributed by atoms with Gasteiger partial charge in [-0.3, -0.25) is 9.79 Å². The number of halogens is 2. The molecule has 1 aliphatic heterocycles. The number of amidine groups is 1. The van der Waals surface area contributed by atoms with Gasteiger partial charge in [-0.15, -0.1) is 0 Å². The predicted octanol–water partition coefficient (Wildman–Crippen LogP) is 4.19. The number of nitrogens with two attached hydrogens (primary N) is 1. The van der Waals surface area contributed by atoms with Crippen LogP contribution in [0.3, 0.4) is 0 Å². The monoisotopic (exact) mass is 375 g/mol. The van der Waals surface area contributed by atoms with E-state index < -0.39 is 23.1 Å². The van der Waals surface area contributed by atoms with Crippen LogP contribution in [0, 0.1) is 18.6 Å². The van der Waals surface area contributed by atoms with Crippen molar-refractivity contribution in [3.63, 3.8) is 0 Å². The van der Waals surface area contributed by atoms with E-state index >= 15 is 0 Å². The largest absolute Gasteiger partial charge is 0.379 e. The Hall–Kier alpha value is -2.41. The molecular weight excluding hydrogens is 356 g/mol. The molecule has 7 heteroatoms. The number of hydrogen-bond acceptors (Lipinski definition) is 4. The Bertz CT molecular complexity index is 900. The topological polar surface area (TPSA) is 67.5 Å². The Labute approximate surface area is 154 Å². The predicted molar refractivity (Wildman–Crippen MR) is 102 cm³/mol. The molecule has 0 bridgehead atoms. The quantitative estimate of drug-likeness (QED) is 0.845. The number of rotatable bonds is 3. The average Bonchev–Trinajstić information content (AvgIpc) is 2.59. The highest BCUT2D eigenvalue weighted by Gasteiger charge is 2.30. The molecule has 1 amide bonds. The minimum absolute atomic E-state index is 0.0581. The van der Waals surface area contributed by atoms with E-state index in [0.29, 0.717) is 10.7 Å². The zero-order valence-corrected chi connectivity index (χ0v) is 15.3. The standard InChI is InChI=1S/C19H19F2N3OS/c1-11-9-12(3-5-14(11)20)17(25)23-16-10-13(4-6-15(16)21)19(2)7-8-26-18(22)24-19/h3-6,9-10H,7-8H2,1-2H3,(H2,22,24)(H,23,25). The molecule has 0 spiro atoms. The first-order valence-electron chi connectivity index (χ1n) is 8.14. The second-order valence-electron chi connectivity index (χ2n) is 6.44. The molecule has 0 aromatic heterocycles. The Kier molecular flexibility index (Phi) is 5.00. The van der Waals surface area contributed by atoms with Crippen molar-refractivity contribution in [2.24, 2.45) is 10.7 Å². The second-order valence-corrected chi connectivity index (χ2v) is 7.55. The summed E-state index contributed by atoms with van der Waals surface area (Å²) in [5.74, 6) is -0.629. The average molecular weight is 375 g/mol. The van der Waals surface area contributed by atoms with Gasteiger partial charge in [0.05, 0.1) is 11.2 Å². The number of anilines is 1. The molecule has 26 heavy (non-hydrogen) atoms. The number of aryl methyl sites for hydroxylation is 1. The number of amides is 1. The summed E-state index contributed by atoms with van der Waals surface area (Å²) < 4.78 is 27.6. The van der Waals surface area contributed by atoms with E-state index in [9.17, 15) is 13.6 Å². The zero-order valence-electron chi connectivity index (χ0n) is 14.5. The summed E-state index contributed by atoms with van der Waals surface area (Å²) in [7, 11) is 0. The Morgan fingerprint density at radius 2 is 1.96 bits per heavy atom. The van der Waals surface area contributed by atoms with Gasteiger partial charge in [-0.05, 0) is 61.7 Å². The molecule has 2 aromatic rings. The van der Waals surface area contributed by atoms with Crippen molar-refractivity contribution >= 4 is 28.5 Å². The van der Waals surface area contributed by atoms with Crippen LogP contribution in [0.2, 0.25) is 0 Å². The van der Waals surface area contributed by atoms with Crippen LogP contribution < -0.4 is 11.1 Å². The van der Waals surface area contributed by atoms with Crippen molar-refractivity contribution in [3.8, 4) is 0 Å². The molecule has 1 aliphatic rings. The Balaban J connectivity index is 1.89. The van der Waals surface area contributed by atoms with Gasteiger partial charge >= 0.3 is 0 Å². The van der Waals surface area contributed by atoms with E-state index in [2.05, 4.69) is 10.3 Å². The van der Waals surface area contributed by atoms with Crippen LogP contribution in [0.1, 0.15) is 34.8 Å². The van der Waals surface area contributed by atoms with Gasteiger partial charge in [0.15, 0.2) is 5.17 Å². The van der Waals surface area contributed by atoms with Crippen LogP contribution in [-0.4, -0.2) is 16.8 Å². The van der Waals surface area contributed by atoms with E-state index in [-0.39, 0.29) is 11.3 Å². The van der Waals surface area contributed by atoms with Crippen LogP contribution >= 0.6 is 11.8 Å². The molecule has 0 fully saturated rings. The molecule has 3 rings (SSSR count). The van der Waals surface area contributed by atoms with E-state index in [0.717, 1.165) is 17.7 Å². The number of benzene rings is 2. The van der Waals surface area contributed by atoms with Gasteiger partial charge in [0, 0.05) is 11.3 Å². The van der Waals surface area contributed by atoms with Crippen molar-refractivity contribution in [2.45, 2.75) is 25.8 Å². The highest BCUT2D eigenvalue weighted by molar-refractivity contribution is 8.13. The molecule has 136 valence electrons. The fourth-order valence-electron chi connectivity index (χ4n) is 2.83. The first-order chi connectivity index (χ1) is 12.3. The molecule has 2 aromatic carbocycles. The first-order valence-corrected chi connectivity index (χ1v) is 9.13. The van der Waals surface area contributed by atoms with Crippen LogP contribution in [0.25, 0.3) is 0 Å². The summed E-state index contributed by atoms with van der Waals surface area (Å²) in [4.78, 5) is 16.9. The highest BCUT2D eigenvalue weighted by atomic mass is 32.2. The van der Waals surface area contributed by atoms with Gasteiger partial charge in [0.2, 0.25) is 0 Å². The van der Waals surface area contributed by atoms with Gasteiger partial charge in [0.25, 0.3) is 5.91 Å². The fourth-order valence-corrected chi connectivity index (χ4v) is 3.81. The van der Waals surface area contributed by atoms with Crippen LogP contribution in [0.5, 0.6) is 0 Å². The van der Waals surface area contributed by atoms with E-state index in [1.54, 1.807) is 19.1 Å². The van der Waals surface area contributed by atoms with Crippen molar-refractivity contribution in [1.29, 1.82) is 0 Å². The molecule has 1 atom stereocenters. The minimum atomic E-state index is -0.561. The molecule has 0 saturated heterocycles. The number of thioether (sulfide) groups is 1. The summed E-state index contributed by atoms with van der Waals surface area (Å²) in [6.45, 7) is 3.50. The van der Waals surface area contributed by atoms with Crippen molar-refractivity contribution in [3.05, 3.63) is 64.7 Å². The molecule has 0 aliphatic carbocycles. The maximum absolute atomic E-state index is 14.2. The highest BCUT2D eigenvalue weighted by Crippen LogP contribution is 2.36. The van der Waals surface area contributed by atoms with Gasteiger partial charge in [-0.1, -0.05) is 17.8 Å². The Morgan fingerprint density at radius 3 is 2.65 bits per heavy atom. The lowest BCUT2D eigenvalue weighted by molar-refractivity contribution is 0.102. The molecule has 0 saturated carbocycles. The van der Waals surface area contributed by atoms with E-state index in [1.807, 2.05) is 6.92 Å². The SMILES string of the molecule is Cc1cc(C(=O)Nc2cc(C3(C)CCSC(N)=N3)ccc2F)ccc1F.